The smallest absolute Gasteiger partial charge is 0.248 e. The highest BCUT2D eigenvalue weighted by Crippen LogP contribution is 2.29. The molecule has 0 aromatic heterocycles. The number of nitrogens with one attached hydrogen (secondary N) is 3. The summed E-state index contributed by atoms with van der Waals surface area (Å²) in [5.74, 6) is -0.361. The molecule has 1 amide bonds. The maximum absolute atomic E-state index is 13.5. The molecule has 2 rings (SSSR count). The van der Waals surface area contributed by atoms with Crippen LogP contribution in [0.1, 0.15) is 33.1 Å². The molecule has 1 aliphatic rings. The van der Waals surface area contributed by atoms with E-state index in [2.05, 4.69) is 30.0 Å². The Balaban J connectivity index is 1.72. The van der Waals surface area contributed by atoms with E-state index in [1.165, 1.54) is 6.42 Å². The van der Waals surface area contributed by atoms with Gasteiger partial charge >= 0.3 is 0 Å². The fourth-order valence-electron chi connectivity index (χ4n) is 2.88. The highest BCUT2D eigenvalue weighted by atomic mass is 32.2. The van der Waals surface area contributed by atoms with E-state index < -0.39 is 11.6 Å². The van der Waals surface area contributed by atoms with Crippen molar-refractivity contribution in [2.45, 2.75) is 44.0 Å². The summed E-state index contributed by atoms with van der Waals surface area (Å²) in [6.07, 6.45) is 3.44. The van der Waals surface area contributed by atoms with Crippen LogP contribution in [-0.2, 0) is 4.79 Å². The topological polar surface area (TPSA) is 53.2 Å². The predicted molar refractivity (Wildman–Crippen MR) is 100 cm³/mol. The van der Waals surface area contributed by atoms with Crippen molar-refractivity contribution >= 4 is 35.0 Å². The highest BCUT2D eigenvalue weighted by Gasteiger charge is 2.27. The second-order valence-corrected chi connectivity index (χ2v) is 7.81. The molecule has 0 unspecified atom stereocenters. The Morgan fingerprint density at radius 3 is 2.80 bits per heavy atom. The van der Waals surface area contributed by atoms with E-state index >= 15 is 0 Å². The van der Waals surface area contributed by atoms with Gasteiger partial charge in [0.05, 0.1) is 5.75 Å². The summed E-state index contributed by atoms with van der Waals surface area (Å²) >= 11 is 6.13. The Kier molecular flexibility index (Phi) is 7.43. The minimum atomic E-state index is -0.551. The number of thioether (sulfide) groups is 1. The van der Waals surface area contributed by atoms with Crippen LogP contribution in [0.2, 0.25) is 0 Å². The lowest BCUT2D eigenvalue weighted by Gasteiger charge is -2.35. The minimum absolute atomic E-state index is 0.0488. The third-order valence-electron chi connectivity index (χ3n) is 4.59. The van der Waals surface area contributed by atoms with Crippen LogP contribution in [0.25, 0.3) is 0 Å². The number of rotatable bonds is 4. The Morgan fingerprint density at radius 1 is 1.28 bits per heavy atom. The zero-order valence-corrected chi connectivity index (χ0v) is 15.9. The van der Waals surface area contributed by atoms with Gasteiger partial charge in [-0.1, -0.05) is 26.7 Å². The van der Waals surface area contributed by atoms with E-state index in [4.69, 9.17) is 12.2 Å². The molecule has 138 valence electrons. The molecule has 3 N–H and O–H groups in total. The van der Waals surface area contributed by atoms with Gasteiger partial charge in [0.25, 0.3) is 0 Å². The van der Waals surface area contributed by atoms with Gasteiger partial charge in [0, 0.05) is 10.9 Å². The predicted octanol–water partition coefficient (Wildman–Crippen LogP) is 3.38. The number of hydrogen-bond donors (Lipinski definition) is 3. The van der Waals surface area contributed by atoms with Crippen LogP contribution in [-0.4, -0.2) is 22.8 Å². The third-order valence-corrected chi connectivity index (χ3v) is 5.84. The zero-order valence-electron chi connectivity index (χ0n) is 14.3. The van der Waals surface area contributed by atoms with Crippen LogP contribution in [0.3, 0.4) is 0 Å². The van der Waals surface area contributed by atoms with Gasteiger partial charge in [-0.25, -0.2) is 8.78 Å². The third kappa shape index (κ3) is 6.11. The first-order valence-corrected chi connectivity index (χ1v) is 9.69. The van der Waals surface area contributed by atoms with E-state index in [9.17, 15) is 13.6 Å². The number of hydrazine groups is 1. The average Bonchev–Trinajstić information content (AvgIpc) is 2.58. The van der Waals surface area contributed by atoms with Crippen molar-refractivity contribution in [1.29, 1.82) is 0 Å². The molecule has 1 saturated carbocycles. The maximum Gasteiger partial charge on any atom is 0.248 e. The van der Waals surface area contributed by atoms with Crippen molar-refractivity contribution in [2.75, 3.05) is 5.75 Å². The SMILES string of the molecule is C[C@H]1[C@@H](NC(=S)NNC(=O)CSc2cc(F)ccc2F)CCC[C@@H]1C. The minimum Gasteiger partial charge on any atom is -0.358 e. The molecule has 0 radical (unpaired) electrons. The van der Waals surface area contributed by atoms with Crippen molar-refractivity contribution in [3.05, 3.63) is 29.8 Å². The lowest BCUT2D eigenvalue weighted by Crippen LogP contribution is -2.52. The van der Waals surface area contributed by atoms with Crippen molar-refractivity contribution < 1.29 is 13.6 Å². The molecule has 1 aromatic rings. The number of thiocarbonyl (C=S) groups is 1. The molecule has 0 saturated heterocycles. The molecule has 25 heavy (non-hydrogen) atoms. The monoisotopic (exact) mass is 387 g/mol. The van der Waals surface area contributed by atoms with Gasteiger partial charge in [0.2, 0.25) is 5.91 Å². The number of amides is 1. The van der Waals surface area contributed by atoms with Gasteiger partial charge in [-0.2, -0.15) is 0 Å². The molecule has 0 aliphatic heterocycles. The van der Waals surface area contributed by atoms with Crippen LogP contribution in [0.4, 0.5) is 8.78 Å². The lowest BCUT2D eigenvalue weighted by molar-refractivity contribution is -0.119. The Bertz CT molecular complexity index is 630. The van der Waals surface area contributed by atoms with E-state index in [1.807, 2.05) is 0 Å². The first kappa shape index (κ1) is 19.9. The van der Waals surface area contributed by atoms with Gasteiger partial charge in [-0.15, -0.1) is 11.8 Å². The molecule has 0 bridgehead atoms. The first-order valence-electron chi connectivity index (χ1n) is 8.30. The molecule has 1 fully saturated rings. The molecule has 4 nitrogen and oxygen atoms in total. The number of hydrogen-bond acceptors (Lipinski definition) is 3. The molecule has 0 spiro atoms. The van der Waals surface area contributed by atoms with Crippen molar-refractivity contribution in [2.24, 2.45) is 11.8 Å². The molecule has 1 aliphatic carbocycles. The van der Waals surface area contributed by atoms with Gasteiger partial charge in [-0.05, 0) is 48.7 Å². The van der Waals surface area contributed by atoms with E-state index in [0.717, 1.165) is 42.8 Å². The summed E-state index contributed by atoms with van der Waals surface area (Å²) in [4.78, 5) is 11.9. The molecular formula is C17H23F2N3OS2. The van der Waals surface area contributed by atoms with Crippen LogP contribution >= 0.6 is 24.0 Å². The van der Waals surface area contributed by atoms with Crippen molar-refractivity contribution in [3.8, 4) is 0 Å². The quantitative estimate of drug-likeness (QED) is 0.420. The summed E-state index contributed by atoms with van der Waals surface area (Å²) in [6.45, 7) is 4.44. The number of carbonyl (C=O) groups excluding carboxylic acids is 1. The van der Waals surface area contributed by atoms with Gasteiger partial charge in [-0.3, -0.25) is 15.6 Å². The molecule has 1 aromatic carbocycles. The summed E-state index contributed by atoms with van der Waals surface area (Å²) < 4.78 is 26.6. The highest BCUT2D eigenvalue weighted by molar-refractivity contribution is 8.00. The van der Waals surface area contributed by atoms with Gasteiger partial charge in [0.1, 0.15) is 11.6 Å². The largest absolute Gasteiger partial charge is 0.358 e. The maximum atomic E-state index is 13.5. The summed E-state index contributed by atoms with van der Waals surface area (Å²) in [5, 5.41) is 3.60. The summed E-state index contributed by atoms with van der Waals surface area (Å²) in [6, 6.07) is 3.44. The Labute approximate surface area is 156 Å². The second kappa shape index (κ2) is 9.33. The molecule has 3 atom stereocenters. The normalized spacial score (nSPS) is 23.0. The fourth-order valence-corrected chi connectivity index (χ4v) is 3.85. The van der Waals surface area contributed by atoms with Crippen LogP contribution in [0.5, 0.6) is 0 Å². The van der Waals surface area contributed by atoms with Gasteiger partial charge in [0.15, 0.2) is 5.11 Å². The standard InChI is InChI=1S/C17H23F2N3OS2/c1-10-4-3-5-14(11(10)2)20-17(24)22-21-16(23)9-25-15-8-12(18)6-7-13(15)19/h6-8,10-11,14H,3-5,9H2,1-2H3,(H,21,23)(H2,20,22,24)/t10-,11+,14-/m0/s1. The van der Waals surface area contributed by atoms with Crippen LogP contribution in [0, 0.1) is 23.5 Å². The number of carbonyl (C=O) groups is 1. The summed E-state index contributed by atoms with van der Waals surface area (Å²) in [7, 11) is 0. The van der Waals surface area contributed by atoms with Crippen molar-refractivity contribution in [1.82, 2.24) is 16.2 Å². The molecular weight excluding hydrogens is 364 g/mol. The first-order chi connectivity index (χ1) is 11.9. The molecule has 0 heterocycles. The summed E-state index contributed by atoms with van der Waals surface area (Å²) in [5.41, 5.74) is 5.14. The van der Waals surface area contributed by atoms with E-state index in [1.54, 1.807) is 0 Å². The second-order valence-electron chi connectivity index (χ2n) is 6.38. The van der Waals surface area contributed by atoms with Gasteiger partial charge < -0.3 is 5.32 Å². The Morgan fingerprint density at radius 2 is 2.04 bits per heavy atom. The zero-order chi connectivity index (χ0) is 18.4. The van der Waals surface area contributed by atoms with E-state index in [0.29, 0.717) is 16.9 Å². The Hall–Kier alpha value is -1.41. The van der Waals surface area contributed by atoms with E-state index in [-0.39, 0.29) is 22.6 Å². The number of halogens is 2. The molecule has 8 heteroatoms. The van der Waals surface area contributed by atoms with Crippen LogP contribution in [0.15, 0.2) is 23.1 Å². The number of benzene rings is 1. The lowest BCUT2D eigenvalue weighted by atomic mass is 9.78. The van der Waals surface area contributed by atoms with Crippen molar-refractivity contribution in [3.63, 3.8) is 0 Å². The van der Waals surface area contributed by atoms with Crippen LogP contribution < -0.4 is 16.2 Å². The fraction of sp³-hybridized carbons (Fsp3) is 0.529. The average molecular weight is 388 g/mol.